The first-order valence-electron chi connectivity index (χ1n) is 7.55. The minimum absolute atomic E-state index is 0.138. The van der Waals surface area contributed by atoms with Crippen LogP contribution in [-0.4, -0.2) is 59.6 Å². The van der Waals surface area contributed by atoms with Crippen molar-refractivity contribution in [3.63, 3.8) is 0 Å². The van der Waals surface area contributed by atoms with Crippen LogP contribution in [0.25, 0.3) is 0 Å². The van der Waals surface area contributed by atoms with Crippen molar-refractivity contribution in [3.05, 3.63) is 12.2 Å². The van der Waals surface area contributed by atoms with Crippen LogP contribution in [0.15, 0.2) is 12.2 Å². The van der Waals surface area contributed by atoms with E-state index in [1.165, 1.54) is 19.3 Å². The molecular weight excluding hydrogens is 260 g/mol. The monoisotopic (exact) mass is 288 g/mol. The molecule has 20 heavy (non-hydrogen) atoms. The highest BCUT2D eigenvalue weighted by Crippen LogP contribution is 2.21. The van der Waals surface area contributed by atoms with Gasteiger partial charge in [-0.2, -0.15) is 0 Å². The average Bonchev–Trinajstić information content (AvgIpc) is 2.82. The molecule has 3 N–H and O–H groups in total. The standard InChI is InChI=1S/C15H28O5/c1-2-3-4-5-6-7-8-9-19-15-13(18)11-20-14(15)12(17)10-16/h6-7,12-18H,2-5,8-11H2,1H3/b7-6+/t12-,13+,14-,15-/m1/s1. The van der Waals surface area contributed by atoms with Crippen LogP contribution in [0.1, 0.15) is 39.0 Å². The maximum absolute atomic E-state index is 9.74. The molecule has 1 saturated heterocycles. The van der Waals surface area contributed by atoms with Gasteiger partial charge in [-0.1, -0.05) is 31.9 Å². The SMILES string of the molecule is CCCCC/C=C/CCO[C@H]1[C@@H]([C@H](O)CO)OC[C@@H]1O. The number of hydrogen-bond acceptors (Lipinski definition) is 5. The molecule has 5 heteroatoms. The van der Waals surface area contributed by atoms with Crippen LogP contribution in [0.5, 0.6) is 0 Å². The third kappa shape index (κ3) is 5.89. The van der Waals surface area contributed by atoms with Crippen LogP contribution in [0.3, 0.4) is 0 Å². The minimum atomic E-state index is -1.01. The number of allylic oxidation sites excluding steroid dienone is 1. The highest BCUT2D eigenvalue weighted by Gasteiger charge is 2.40. The third-order valence-corrected chi connectivity index (χ3v) is 3.46. The molecule has 0 aromatic carbocycles. The molecule has 1 fully saturated rings. The molecule has 1 aliphatic rings. The lowest BCUT2D eigenvalue weighted by molar-refractivity contribution is -0.0924. The highest BCUT2D eigenvalue weighted by molar-refractivity contribution is 4.89. The highest BCUT2D eigenvalue weighted by atomic mass is 16.6. The predicted octanol–water partition coefficient (Wildman–Crippen LogP) is 1.01. The van der Waals surface area contributed by atoms with Gasteiger partial charge in [0, 0.05) is 0 Å². The summed E-state index contributed by atoms with van der Waals surface area (Å²) >= 11 is 0. The Labute approximate surface area is 121 Å². The largest absolute Gasteiger partial charge is 0.394 e. The van der Waals surface area contributed by atoms with E-state index in [0.717, 1.165) is 12.8 Å². The molecule has 1 heterocycles. The summed E-state index contributed by atoms with van der Waals surface area (Å²) in [5.74, 6) is 0. The van der Waals surface area contributed by atoms with Gasteiger partial charge in [-0.3, -0.25) is 0 Å². The zero-order valence-electron chi connectivity index (χ0n) is 12.3. The summed E-state index contributed by atoms with van der Waals surface area (Å²) in [6, 6.07) is 0. The lowest BCUT2D eigenvalue weighted by atomic mass is 10.1. The fourth-order valence-corrected chi connectivity index (χ4v) is 2.28. The van der Waals surface area contributed by atoms with Crippen molar-refractivity contribution in [3.8, 4) is 0 Å². The molecule has 118 valence electrons. The summed E-state index contributed by atoms with van der Waals surface area (Å²) in [5.41, 5.74) is 0. The summed E-state index contributed by atoms with van der Waals surface area (Å²) in [6.45, 7) is 2.40. The van der Waals surface area contributed by atoms with Gasteiger partial charge in [0.2, 0.25) is 0 Å². The first-order chi connectivity index (χ1) is 9.70. The molecule has 1 rings (SSSR count). The van der Waals surface area contributed by atoms with E-state index in [9.17, 15) is 10.2 Å². The maximum atomic E-state index is 9.74. The second-order valence-corrected chi connectivity index (χ2v) is 5.21. The van der Waals surface area contributed by atoms with Gasteiger partial charge in [0.15, 0.2) is 0 Å². The van der Waals surface area contributed by atoms with Crippen LogP contribution in [0.2, 0.25) is 0 Å². The summed E-state index contributed by atoms with van der Waals surface area (Å²) in [6.07, 6.45) is 6.83. The molecule has 0 aromatic heterocycles. The zero-order valence-corrected chi connectivity index (χ0v) is 12.3. The van der Waals surface area contributed by atoms with Crippen molar-refractivity contribution in [2.75, 3.05) is 19.8 Å². The van der Waals surface area contributed by atoms with E-state index < -0.39 is 31.0 Å². The Kier molecular flexibility index (Phi) is 9.05. The van der Waals surface area contributed by atoms with E-state index in [0.29, 0.717) is 6.61 Å². The van der Waals surface area contributed by atoms with Gasteiger partial charge in [-0.15, -0.1) is 0 Å². The predicted molar refractivity (Wildman–Crippen MR) is 76.5 cm³/mol. The summed E-state index contributed by atoms with van der Waals surface area (Å²) < 4.78 is 10.8. The number of ether oxygens (including phenoxy) is 2. The number of aliphatic hydroxyl groups excluding tert-OH is 3. The maximum Gasteiger partial charge on any atom is 0.114 e. The Bertz CT molecular complexity index is 269. The summed E-state index contributed by atoms with van der Waals surface area (Å²) in [7, 11) is 0. The van der Waals surface area contributed by atoms with E-state index in [4.69, 9.17) is 14.6 Å². The Morgan fingerprint density at radius 1 is 1.30 bits per heavy atom. The van der Waals surface area contributed by atoms with Gasteiger partial charge < -0.3 is 24.8 Å². The summed E-state index contributed by atoms with van der Waals surface area (Å²) in [5, 5.41) is 28.3. The molecule has 0 aliphatic carbocycles. The van der Waals surface area contributed by atoms with Crippen molar-refractivity contribution in [2.45, 2.75) is 63.4 Å². The number of hydrogen-bond donors (Lipinski definition) is 3. The molecule has 0 unspecified atom stereocenters. The van der Waals surface area contributed by atoms with Gasteiger partial charge in [-0.25, -0.2) is 0 Å². The van der Waals surface area contributed by atoms with E-state index >= 15 is 0 Å². The summed E-state index contributed by atoms with van der Waals surface area (Å²) in [4.78, 5) is 0. The molecule has 0 saturated carbocycles. The van der Waals surface area contributed by atoms with E-state index in [2.05, 4.69) is 19.1 Å². The van der Waals surface area contributed by atoms with Crippen LogP contribution >= 0.6 is 0 Å². The molecule has 0 aromatic rings. The van der Waals surface area contributed by atoms with Gasteiger partial charge in [-0.05, 0) is 19.3 Å². The second kappa shape index (κ2) is 10.3. The van der Waals surface area contributed by atoms with Gasteiger partial charge in [0.1, 0.15) is 24.4 Å². The van der Waals surface area contributed by atoms with E-state index in [1.54, 1.807) is 0 Å². The molecule has 0 radical (unpaired) electrons. The van der Waals surface area contributed by atoms with E-state index in [1.807, 2.05) is 0 Å². The van der Waals surface area contributed by atoms with Crippen molar-refractivity contribution in [2.24, 2.45) is 0 Å². The van der Waals surface area contributed by atoms with Crippen LogP contribution in [0.4, 0.5) is 0 Å². The molecule has 4 atom stereocenters. The molecule has 5 nitrogen and oxygen atoms in total. The van der Waals surface area contributed by atoms with Crippen LogP contribution in [-0.2, 0) is 9.47 Å². The average molecular weight is 288 g/mol. The van der Waals surface area contributed by atoms with Gasteiger partial charge in [0.05, 0.1) is 19.8 Å². The Morgan fingerprint density at radius 3 is 2.75 bits per heavy atom. The zero-order chi connectivity index (χ0) is 14.8. The number of rotatable bonds is 10. The van der Waals surface area contributed by atoms with Crippen molar-refractivity contribution in [1.29, 1.82) is 0 Å². The second-order valence-electron chi connectivity index (χ2n) is 5.21. The lowest BCUT2D eigenvalue weighted by Crippen LogP contribution is -2.42. The molecule has 1 aliphatic heterocycles. The molecule has 0 spiro atoms. The van der Waals surface area contributed by atoms with Crippen molar-refractivity contribution < 1.29 is 24.8 Å². The lowest BCUT2D eigenvalue weighted by Gasteiger charge is -2.23. The van der Waals surface area contributed by atoms with Gasteiger partial charge >= 0.3 is 0 Å². The fraction of sp³-hybridized carbons (Fsp3) is 0.867. The van der Waals surface area contributed by atoms with Crippen LogP contribution in [0, 0.1) is 0 Å². The van der Waals surface area contributed by atoms with Crippen molar-refractivity contribution in [1.82, 2.24) is 0 Å². The van der Waals surface area contributed by atoms with Gasteiger partial charge in [0.25, 0.3) is 0 Å². The normalized spacial score (nSPS) is 28.3. The fourth-order valence-electron chi connectivity index (χ4n) is 2.28. The van der Waals surface area contributed by atoms with E-state index in [-0.39, 0.29) is 6.61 Å². The third-order valence-electron chi connectivity index (χ3n) is 3.46. The Hall–Kier alpha value is -0.460. The number of unbranched alkanes of at least 4 members (excludes halogenated alkanes) is 3. The molecular formula is C15H28O5. The smallest absolute Gasteiger partial charge is 0.114 e. The van der Waals surface area contributed by atoms with Crippen molar-refractivity contribution >= 4 is 0 Å². The van der Waals surface area contributed by atoms with Crippen LogP contribution < -0.4 is 0 Å². The first-order valence-corrected chi connectivity index (χ1v) is 7.55. The number of aliphatic hydroxyl groups is 3. The molecule has 0 bridgehead atoms. The quantitative estimate of drug-likeness (QED) is 0.413. The molecule has 0 amide bonds. The Morgan fingerprint density at radius 2 is 2.05 bits per heavy atom. The Balaban J connectivity index is 2.19. The minimum Gasteiger partial charge on any atom is -0.394 e. The first kappa shape index (κ1) is 17.6. The topological polar surface area (TPSA) is 79.2 Å².